The Labute approximate surface area is 155 Å². The Morgan fingerprint density at radius 2 is 1.80 bits per heavy atom. The maximum atomic E-state index is 4.26. The molecule has 0 amide bonds. The Balaban J connectivity index is 1.39. The van der Waals surface area contributed by atoms with Gasteiger partial charge in [0.05, 0.1) is 0 Å². The first kappa shape index (κ1) is 18.2. The Hall–Kier alpha value is -1.59. The average molecular weight is 357 g/mol. The minimum absolute atomic E-state index is 0.590. The Kier molecular flexibility index (Phi) is 6.70. The topological polar surface area (TPSA) is 32.3 Å². The highest BCUT2D eigenvalue weighted by molar-refractivity contribution is 7.99. The number of aromatic nitrogens is 2. The molecule has 1 saturated heterocycles. The molecule has 1 aliphatic heterocycles. The number of piperazine rings is 1. The van der Waals surface area contributed by atoms with E-state index in [1.807, 2.05) is 18.5 Å². The van der Waals surface area contributed by atoms with Crippen molar-refractivity contribution in [3.8, 4) is 0 Å². The second kappa shape index (κ2) is 9.20. The van der Waals surface area contributed by atoms with Gasteiger partial charge in [0.2, 0.25) is 0 Å². The standard InChI is InChI=1S/C20H28N4S/c1-17(2)18-6-3-7-19(16-18)24-13-11-23(12-14-24)10-5-15-25-20-21-8-4-9-22-20/h3-4,6-9,16-17H,5,10-15H2,1-2H3. The van der Waals surface area contributed by atoms with Gasteiger partial charge in [0.25, 0.3) is 0 Å². The zero-order valence-corrected chi connectivity index (χ0v) is 16.1. The first-order valence-corrected chi connectivity index (χ1v) is 10.2. The van der Waals surface area contributed by atoms with Crippen LogP contribution < -0.4 is 4.90 Å². The van der Waals surface area contributed by atoms with E-state index < -0.39 is 0 Å². The minimum Gasteiger partial charge on any atom is -0.369 e. The molecule has 0 unspecified atom stereocenters. The highest BCUT2D eigenvalue weighted by Crippen LogP contribution is 2.22. The molecule has 0 N–H and O–H groups in total. The maximum Gasteiger partial charge on any atom is 0.187 e. The molecule has 2 heterocycles. The zero-order chi connectivity index (χ0) is 17.5. The van der Waals surface area contributed by atoms with Crippen molar-refractivity contribution < 1.29 is 0 Å². The number of thioether (sulfide) groups is 1. The number of benzene rings is 1. The summed E-state index contributed by atoms with van der Waals surface area (Å²) in [5, 5.41) is 0.886. The van der Waals surface area contributed by atoms with E-state index in [0.717, 1.165) is 37.1 Å². The van der Waals surface area contributed by atoms with E-state index in [2.05, 4.69) is 57.9 Å². The van der Waals surface area contributed by atoms with Crippen LogP contribution in [0.2, 0.25) is 0 Å². The molecule has 2 aromatic rings. The van der Waals surface area contributed by atoms with E-state index in [-0.39, 0.29) is 0 Å². The van der Waals surface area contributed by atoms with Crippen molar-refractivity contribution in [2.24, 2.45) is 0 Å². The number of hydrogen-bond donors (Lipinski definition) is 0. The van der Waals surface area contributed by atoms with Gasteiger partial charge in [-0.05, 0) is 42.6 Å². The van der Waals surface area contributed by atoms with Gasteiger partial charge in [-0.15, -0.1) is 0 Å². The monoisotopic (exact) mass is 356 g/mol. The number of hydrogen-bond acceptors (Lipinski definition) is 5. The third-order valence-electron chi connectivity index (χ3n) is 4.67. The van der Waals surface area contributed by atoms with E-state index in [1.165, 1.54) is 24.2 Å². The van der Waals surface area contributed by atoms with Crippen LogP contribution >= 0.6 is 11.8 Å². The summed E-state index contributed by atoms with van der Waals surface area (Å²) in [7, 11) is 0. The van der Waals surface area contributed by atoms with Crippen molar-refractivity contribution in [1.29, 1.82) is 0 Å². The molecule has 0 radical (unpaired) electrons. The fraction of sp³-hybridized carbons (Fsp3) is 0.500. The maximum absolute atomic E-state index is 4.26. The van der Waals surface area contributed by atoms with Gasteiger partial charge in [0.15, 0.2) is 5.16 Å². The second-order valence-corrected chi connectivity index (χ2v) is 7.87. The van der Waals surface area contributed by atoms with Gasteiger partial charge in [0.1, 0.15) is 0 Å². The number of rotatable bonds is 7. The van der Waals surface area contributed by atoms with Gasteiger partial charge in [-0.2, -0.15) is 0 Å². The molecule has 1 fully saturated rings. The van der Waals surface area contributed by atoms with Crippen LogP contribution in [0.15, 0.2) is 47.9 Å². The lowest BCUT2D eigenvalue weighted by molar-refractivity contribution is 0.259. The fourth-order valence-electron chi connectivity index (χ4n) is 3.12. The minimum atomic E-state index is 0.590. The van der Waals surface area contributed by atoms with Crippen LogP contribution in [0.5, 0.6) is 0 Å². The van der Waals surface area contributed by atoms with E-state index in [4.69, 9.17) is 0 Å². The number of nitrogens with zero attached hydrogens (tertiary/aromatic N) is 4. The van der Waals surface area contributed by atoms with Crippen LogP contribution in [0.25, 0.3) is 0 Å². The highest BCUT2D eigenvalue weighted by Gasteiger charge is 2.17. The lowest BCUT2D eigenvalue weighted by Crippen LogP contribution is -2.46. The van der Waals surface area contributed by atoms with Crippen LogP contribution in [-0.2, 0) is 0 Å². The van der Waals surface area contributed by atoms with Crippen molar-refractivity contribution in [3.05, 3.63) is 48.3 Å². The van der Waals surface area contributed by atoms with Crippen LogP contribution in [0.4, 0.5) is 5.69 Å². The molecule has 1 aliphatic rings. The summed E-state index contributed by atoms with van der Waals surface area (Å²) in [5.74, 6) is 1.67. The smallest absolute Gasteiger partial charge is 0.187 e. The molecule has 0 spiro atoms. The summed E-state index contributed by atoms with van der Waals surface area (Å²) in [6.45, 7) is 10.2. The molecule has 0 saturated carbocycles. The lowest BCUT2D eigenvalue weighted by atomic mass is 10.0. The molecule has 1 aromatic heterocycles. The zero-order valence-electron chi connectivity index (χ0n) is 15.3. The van der Waals surface area contributed by atoms with Crippen LogP contribution in [0.1, 0.15) is 31.7 Å². The van der Waals surface area contributed by atoms with Crippen molar-refractivity contribution in [1.82, 2.24) is 14.9 Å². The predicted molar refractivity (Wildman–Crippen MR) is 107 cm³/mol. The quantitative estimate of drug-likeness (QED) is 0.427. The van der Waals surface area contributed by atoms with Crippen LogP contribution in [0, 0.1) is 0 Å². The van der Waals surface area contributed by atoms with E-state index >= 15 is 0 Å². The summed E-state index contributed by atoms with van der Waals surface area (Å²) in [4.78, 5) is 13.6. The first-order valence-electron chi connectivity index (χ1n) is 9.19. The molecule has 134 valence electrons. The molecule has 0 bridgehead atoms. The van der Waals surface area contributed by atoms with E-state index in [9.17, 15) is 0 Å². The SMILES string of the molecule is CC(C)c1cccc(N2CCN(CCCSc3ncccn3)CC2)c1. The molecule has 3 rings (SSSR count). The molecule has 25 heavy (non-hydrogen) atoms. The Morgan fingerprint density at radius 3 is 2.52 bits per heavy atom. The molecular formula is C20H28N4S. The Bertz CT molecular complexity index is 639. The molecule has 1 aromatic carbocycles. The van der Waals surface area contributed by atoms with E-state index in [1.54, 1.807) is 11.8 Å². The van der Waals surface area contributed by atoms with Gasteiger partial charge in [-0.1, -0.05) is 37.7 Å². The van der Waals surface area contributed by atoms with Crippen molar-refractivity contribution in [2.45, 2.75) is 31.3 Å². The van der Waals surface area contributed by atoms with Gasteiger partial charge in [-0.25, -0.2) is 9.97 Å². The summed E-state index contributed by atoms with van der Waals surface area (Å²) in [5.41, 5.74) is 2.81. The summed E-state index contributed by atoms with van der Waals surface area (Å²) in [6.07, 6.45) is 4.80. The molecule has 0 atom stereocenters. The van der Waals surface area contributed by atoms with Gasteiger partial charge >= 0.3 is 0 Å². The summed E-state index contributed by atoms with van der Waals surface area (Å²) in [6, 6.07) is 10.9. The molecular weight excluding hydrogens is 328 g/mol. The molecule has 4 nitrogen and oxygen atoms in total. The van der Waals surface area contributed by atoms with E-state index in [0.29, 0.717) is 5.92 Å². The third kappa shape index (κ3) is 5.44. The van der Waals surface area contributed by atoms with Crippen molar-refractivity contribution >= 4 is 17.4 Å². The van der Waals surface area contributed by atoms with Crippen LogP contribution in [-0.4, -0.2) is 53.3 Å². The van der Waals surface area contributed by atoms with Gasteiger partial charge < -0.3 is 4.90 Å². The van der Waals surface area contributed by atoms with Gasteiger partial charge in [-0.3, -0.25) is 4.90 Å². The third-order valence-corrected chi connectivity index (χ3v) is 5.63. The molecule has 0 aliphatic carbocycles. The summed E-state index contributed by atoms with van der Waals surface area (Å²) >= 11 is 1.75. The summed E-state index contributed by atoms with van der Waals surface area (Å²) < 4.78 is 0. The van der Waals surface area contributed by atoms with Crippen molar-refractivity contribution in [3.63, 3.8) is 0 Å². The molecule has 5 heteroatoms. The van der Waals surface area contributed by atoms with Crippen LogP contribution in [0.3, 0.4) is 0 Å². The highest BCUT2D eigenvalue weighted by atomic mass is 32.2. The normalized spacial score (nSPS) is 15.7. The second-order valence-electron chi connectivity index (χ2n) is 6.81. The number of anilines is 1. The Morgan fingerprint density at radius 1 is 1.04 bits per heavy atom. The lowest BCUT2D eigenvalue weighted by Gasteiger charge is -2.36. The average Bonchev–Trinajstić information content (AvgIpc) is 2.67. The van der Waals surface area contributed by atoms with Crippen molar-refractivity contribution in [2.75, 3.05) is 43.4 Å². The first-order chi connectivity index (χ1) is 12.2. The van der Waals surface area contributed by atoms with Gasteiger partial charge in [0, 0.05) is 50.0 Å². The fourth-order valence-corrected chi connectivity index (χ4v) is 3.85. The largest absolute Gasteiger partial charge is 0.369 e. The predicted octanol–water partition coefficient (Wildman–Crippen LogP) is 3.90.